The van der Waals surface area contributed by atoms with Crippen LogP contribution in [0.25, 0.3) is 0 Å². The predicted octanol–water partition coefficient (Wildman–Crippen LogP) is 2.48. The summed E-state index contributed by atoms with van der Waals surface area (Å²) in [6, 6.07) is 2.40. The number of hydrogen-bond acceptors (Lipinski definition) is 3. The summed E-state index contributed by atoms with van der Waals surface area (Å²) in [7, 11) is 0. The van der Waals surface area contributed by atoms with Crippen LogP contribution in [-0.4, -0.2) is 21.6 Å². The van der Waals surface area contributed by atoms with Gasteiger partial charge in [0.05, 0.1) is 12.1 Å². The molecular weight excluding hydrogens is 238 g/mol. The summed E-state index contributed by atoms with van der Waals surface area (Å²) in [5.41, 5.74) is 6.94. The third kappa shape index (κ3) is 3.44. The van der Waals surface area contributed by atoms with Gasteiger partial charge >= 0.3 is 0 Å². The quantitative estimate of drug-likeness (QED) is 0.887. The van der Waals surface area contributed by atoms with E-state index in [1.54, 1.807) is 0 Å². The van der Waals surface area contributed by atoms with Crippen molar-refractivity contribution in [2.75, 3.05) is 0 Å². The fourth-order valence-corrected chi connectivity index (χ4v) is 2.77. The molecule has 1 aliphatic rings. The van der Waals surface area contributed by atoms with E-state index in [4.69, 9.17) is 5.73 Å². The molecule has 1 heterocycles. The molecule has 4 nitrogen and oxygen atoms in total. The monoisotopic (exact) mass is 263 g/mol. The zero-order chi connectivity index (χ0) is 13.8. The summed E-state index contributed by atoms with van der Waals surface area (Å²) in [4.78, 5) is 12.3. The molecule has 3 unspecified atom stereocenters. The molecule has 0 spiro atoms. The first-order valence-electron chi connectivity index (χ1n) is 7.44. The third-order valence-corrected chi connectivity index (χ3v) is 4.29. The summed E-state index contributed by atoms with van der Waals surface area (Å²) in [5, 5.41) is 4.50. The van der Waals surface area contributed by atoms with E-state index in [0.29, 0.717) is 12.5 Å². The Morgan fingerprint density at radius 3 is 2.95 bits per heavy atom. The zero-order valence-corrected chi connectivity index (χ0v) is 12.0. The Kier molecular flexibility index (Phi) is 4.75. The highest BCUT2D eigenvalue weighted by Crippen LogP contribution is 2.24. The summed E-state index contributed by atoms with van der Waals surface area (Å²) >= 11 is 0. The number of ketones is 1. The number of Topliss-reactive ketones (excluding diaryl/α,β-unsaturated/α-hetero) is 1. The van der Waals surface area contributed by atoms with Gasteiger partial charge in [-0.05, 0) is 32.3 Å². The lowest BCUT2D eigenvalue weighted by molar-refractivity contribution is -0.123. The summed E-state index contributed by atoms with van der Waals surface area (Å²) in [5.74, 6) is 0.309. The lowest BCUT2D eigenvalue weighted by Crippen LogP contribution is -2.38. The van der Waals surface area contributed by atoms with Crippen molar-refractivity contribution in [2.45, 2.75) is 64.5 Å². The molecule has 0 radical (unpaired) electrons. The number of rotatable bonds is 5. The lowest BCUT2D eigenvalue weighted by Gasteiger charge is -2.27. The van der Waals surface area contributed by atoms with Crippen LogP contribution in [0.5, 0.6) is 0 Å². The zero-order valence-electron chi connectivity index (χ0n) is 12.0. The molecule has 0 aromatic carbocycles. The van der Waals surface area contributed by atoms with Gasteiger partial charge in [0.2, 0.25) is 0 Å². The van der Waals surface area contributed by atoms with Crippen LogP contribution >= 0.6 is 0 Å². The van der Waals surface area contributed by atoms with E-state index >= 15 is 0 Å². The largest absolute Gasteiger partial charge is 0.327 e. The maximum Gasteiger partial charge on any atom is 0.143 e. The van der Waals surface area contributed by atoms with Gasteiger partial charge in [-0.25, -0.2) is 0 Å². The van der Waals surface area contributed by atoms with Gasteiger partial charge in [-0.3, -0.25) is 9.48 Å². The molecule has 0 bridgehead atoms. The predicted molar refractivity (Wildman–Crippen MR) is 75.9 cm³/mol. The minimum absolute atomic E-state index is 0.0440. The molecule has 1 fully saturated rings. The molecule has 106 valence electrons. The lowest BCUT2D eigenvalue weighted by atomic mass is 9.81. The first-order valence-corrected chi connectivity index (χ1v) is 7.44. The van der Waals surface area contributed by atoms with Crippen molar-refractivity contribution in [1.29, 1.82) is 0 Å². The Bertz CT molecular complexity index is 427. The Balaban J connectivity index is 1.96. The van der Waals surface area contributed by atoms with E-state index in [1.165, 1.54) is 0 Å². The van der Waals surface area contributed by atoms with Crippen molar-refractivity contribution >= 4 is 5.78 Å². The highest BCUT2D eigenvalue weighted by Gasteiger charge is 2.28. The Hall–Kier alpha value is -1.16. The maximum atomic E-state index is 12.3. The topological polar surface area (TPSA) is 60.9 Å². The van der Waals surface area contributed by atoms with E-state index in [1.807, 2.05) is 16.9 Å². The van der Waals surface area contributed by atoms with Crippen molar-refractivity contribution in [1.82, 2.24) is 9.78 Å². The number of carbonyl (C=O) groups excluding carboxylic acids is 1. The third-order valence-electron chi connectivity index (χ3n) is 4.29. The molecule has 0 saturated heterocycles. The Labute approximate surface area is 115 Å². The molecule has 19 heavy (non-hydrogen) atoms. The average molecular weight is 263 g/mol. The van der Waals surface area contributed by atoms with E-state index in [9.17, 15) is 4.79 Å². The first-order chi connectivity index (χ1) is 9.11. The second-order valence-corrected chi connectivity index (χ2v) is 5.74. The molecule has 2 N–H and O–H groups in total. The second kappa shape index (κ2) is 6.33. The van der Waals surface area contributed by atoms with E-state index in [2.05, 4.69) is 18.9 Å². The van der Waals surface area contributed by atoms with Crippen LogP contribution in [0.4, 0.5) is 0 Å². The van der Waals surface area contributed by atoms with E-state index in [0.717, 1.165) is 37.8 Å². The second-order valence-electron chi connectivity index (χ2n) is 5.74. The fraction of sp³-hybridized carbons (Fsp3) is 0.733. The van der Waals surface area contributed by atoms with Crippen molar-refractivity contribution in [3.63, 3.8) is 0 Å². The fourth-order valence-electron chi connectivity index (χ4n) is 2.77. The van der Waals surface area contributed by atoms with Crippen LogP contribution in [0.2, 0.25) is 0 Å². The summed E-state index contributed by atoms with van der Waals surface area (Å²) in [6.07, 6.45) is 7.67. The van der Waals surface area contributed by atoms with Crippen LogP contribution in [0.3, 0.4) is 0 Å². The number of aromatic nitrogens is 2. The molecule has 0 aliphatic heterocycles. The Morgan fingerprint density at radius 1 is 1.53 bits per heavy atom. The van der Waals surface area contributed by atoms with E-state index in [-0.39, 0.29) is 17.7 Å². The molecule has 1 aliphatic carbocycles. The molecule has 4 heteroatoms. The molecule has 2 rings (SSSR count). The molecule has 3 atom stereocenters. The van der Waals surface area contributed by atoms with Gasteiger partial charge in [0.1, 0.15) is 5.78 Å². The van der Waals surface area contributed by atoms with Crippen molar-refractivity contribution in [2.24, 2.45) is 11.7 Å². The molecule has 1 saturated carbocycles. The van der Waals surface area contributed by atoms with Gasteiger partial charge in [0.15, 0.2) is 0 Å². The summed E-state index contributed by atoms with van der Waals surface area (Å²) < 4.78 is 1.95. The minimum atomic E-state index is 0.0440. The van der Waals surface area contributed by atoms with Crippen LogP contribution in [0.15, 0.2) is 12.3 Å². The first kappa shape index (κ1) is 14.3. The molecule has 0 amide bonds. The summed E-state index contributed by atoms with van der Waals surface area (Å²) in [6.45, 7) is 4.27. The van der Waals surface area contributed by atoms with Gasteiger partial charge in [0, 0.05) is 24.2 Å². The van der Waals surface area contributed by atoms with Crippen LogP contribution in [-0.2, 0) is 11.2 Å². The van der Waals surface area contributed by atoms with Crippen molar-refractivity contribution in [3.8, 4) is 0 Å². The van der Waals surface area contributed by atoms with Gasteiger partial charge in [-0.1, -0.05) is 19.8 Å². The Morgan fingerprint density at radius 2 is 2.26 bits per heavy atom. The maximum absolute atomic E-state index is 12.3. The number of carbonyl (C=O) groups is 1. The number of nitrogens with zero attached hydrogens (tertiary/aromatic N) is 2. The van der Waals surface area contributed by atoms with Crippen LogP contribution in [0.1, 0.15) is 57.7 Å². The van der Waals surface area contributed by atoms with Crippen molar-refractivity contribution in [3.05, 3.63) is 18.0 Å². The van der Waals surface area contributed by atoms with Gasteiger partial charge in [-0.2, -0.15) is 5.10 Å². The molecular formula is C15H25N3O. The highest BCUT2D eigenvalue weighted by atomic mass is 16.1. The number of hydrogen-bond donors (Lipinski definition) is 1. The standard InChI is InChI=1S/C15H25N3O/c1-3-11(2)18-9-8-12(17-18)10-15(19)13-6-4-5-7-14(13)16/h8-9,11,13-14H,3-7,10,16H2,1-2H3. The number of nitrogens with two attached hydrogens (primary N) is 1. The van der Waals surface area contributed by atoms with Crippen LogP contribution in [0, 0.1) is 5.92 Å². The van der Waals surface area contributed by atoms with Crippen LogP contribution < -0.4 is 5.73 Å². The van der Waals surface area contributed by atoms with E-state index < -0.39 is 0 Å². The average Bonchev–Trinajstić information content (AvgIpc) is 2.86. The highest BCUT2D eigenvalue weighted by molar-refractivity contribution is 5.83. The van der Waals surface area contributed by atoms with Gasteiger partial charge in [0.25, 0.3) is 0 Å². The normalized spacial score (nSPS) is 25.2. The minimum Gasteiger partial charge on any atom is -0.327 e. The van der Waals surface area contributed by atoms with Crippen molar-refractivity contribution < 1.29 is 4.79 Å². The van der Waals surface area contributed by atoms with Gasteiger partial charge < -0.3 is 5.73 Å². The van der Waals surface area contributed by atoms with Gasteiger partial charge in [-0.15, -0.1) is 0 Å². The molecule has 1 aromatic heterocycles. The smallest absolute Gasteiger partial charge is 0.143 e. The molecule has 1 aromatic rings. The SMILES string of the molecule is CCC(C)n1ccc(CC(=O)C2CCCCC2N)n1.